The van der Waals surface area contributed by atoms with Crippen LogP contribution in [0.5, 0.6) is 0 Å². The number of hydrogen-bond acceptors (Lipinski definition) is 3. The fourth-order valence-corrected chi connectivity index (χ4v) is 2.22. The van der Waals surface area contributed by atoms with Gasteiger partial charge in [0.15, 0.2) is 0 Å². The SMILES string of the molecule is Cc1ccccc1NC(=O)C(C)N(CCC(=O)O)C(C)C. The van der Waals surface area contributed by atoms with Crippen LogP contribution in [0, 0.1) is 6.92 Å². The van der Waals surface area contributed by atoms with Gasteiger partial charge in [-0.25, -0.2) is 0 Å². The minimum Gasteiger partial charge on any atom is -0.481 e. The second-order valence-electron chi connectivity index (χ2n) is 5.46. The van der Waals surface area contributed by atoms with Crippen molar-refractivity contribution in [2.45, 2.75) is 46.2 Å². The minimum atomic E-state index is -0.854. The van der Waals surface area contributed by atoms with E-state index < -0.39 is 5.97 Å². The molecule has 1 aromatic rings. The van der Waals surface area contributed by atoms with Crippen molar-refractivity contribution in [3.63, 3.8) is 0 Å². The number of carboxylic acid groups (broad SMARTS) is 1. The number of amides is 1. The summed E-state index contributed by atoms with van der Waals surface area (Å²) in [5.74, 6) is -0.976. The van der Waals surface area contributed by atoms with Gasteiger partial charge in [0.25, 0.3) is 0 Å². The number of nitrogens with zero attached hydrogens (tertiary/aromatic N) is 1. The van der Waals surface area contributed by atoms with E-state index in [1.54, 1.807) is 6.92 Å². The topological polar surface area (TPSA) is 69.6 Å². The summed E-state index contributed by atoms with van der Waals surface area (Å²) in [7, 11) is 0. The van der Waals surface area contributed by atoms with Crippen LogP contribution in [0.2, 0.25) is 0 Å². The Labute approximate surface area is 126 Å². The molecule has 1 rings (SSSR count). The molecule has 2 N–H and O–H groups in total. The van der Waals surface area contributed by atoms with Crippen LogP contribution >= 0.6 is 0 Å². The molecule has 0 saturated heterocycles. The zero-order valence-electron chi connectivity index (χ0n) is 13.1. The van der Waals surface area contributed by atoms with E-state index in [9.17, 15) is 9.59 Å². The number of carbonyl (C=O) groups excluding carboxylic acids is 1. The summed E-state index contributed by atoms with van der Waals surface area (Å²) >= 11 is 0. The van der Waals surface area contributed by atoms with Gasteiger partial charge in [0.2, 0.25) is 5.91 Å². The Kier molecular flexibility index (Phi) is 6.37. The molecule has 0 heterocycles. The highest BCUT2D eigenvalue weighted by molar-refractivity contribution is 5.95. The Balaban J connectivity index is 2.74. The van der Waals surface area contributed by atoms with Gasteiger partial charge in [-0.2, -0.15) is 0 Å². The molecule has 1 aromatic carbocycles. The van der Waals surface area contributed by atoms with E-state index in [1.165, 1.54) is 0 Å². The number of aliphatic carboxylic acids is 1. The summed E-state index contributed by atoms with van der Waals surface area (Å²) in [5.41, 5.74) is 1.79. The number of aryl methyl sites for hydroxylation is 1. The molecule has 21 heavy (non-hydrogen) atoms. The first kappa shape index (κ1) is 17.2. The third-order valence-corrected chi connectivity index (χ3v) is 3.53. The summed E-state index contributed by atoms with van der Waals surface area (Å²) < 4.78 is 0. The van der Waals surface area contributed by atoms with Crippen LogP contribution < -0.4 is 5.32 Å². The molecule has 0 radical (unpaired) electrons. The highest BCUT2D eigenvalue weighted by Gasteiger charge is 2.24. The van der Waals surface area contributed by atoms with Crippen molar-refractivity contribution in [3.05, 3.63) is 29.8 Å². The van der Waals surface area contributed by atoms with Crippen LogP contribution in [-0.4, -0.2) is 40.5 Å². The largest absolute Gasteiger partial charge is 0.481 e. The second kappa shape index (κ2) is 7.78. The van der Waals surface area contributed by atoms with E-state index >= 15 is 0 Å². The average Bonchev–Trinajstić information content (AvgIpc) is 2.40. The minimum absolute atomic E-state index is 0.0279. The number of hydrogen-bond donors (Lipinski definition) is 2. The van der Waals surface area contributed by atoms with Crippen molar-refractivity contribution in [2.75, 3.05) is 11.9 Å². The molecule has 0 aliphatic rings. The lowest BCUT2D eigenvalue weighted by molar-refractivity contribution is -0.138. The van der Waals surface area contributed by atoms with Crippen LogP contribution in [0.25, 0.3) is 0 Å². The van der Waals surface area contributed by atoms with Crippen molar-refractivity contribution < 1.29 is 14.7 Å². The molecule has 1 unspecified atom stereocenters. The van der Waals surface area contributed by atoms with E-state index in [1.807, 2.05) is 49.9 Å². The van der Waals surface area contributed by atoms with Crippen molar-refractivity contribution >= 4 is 17.6 Å². The normalized spacial score (nSPS) is 12.5. The molecule has 5 heteroatoms. The van der Waals surface area contributed by atoms with Crippen LogP contribution in [0.4, 0.5) is 5.69 Å². The van der Waals surface area contributed by atoms with Crippen LogP contribution in [0.1, 0.15) is 32.8 Å². The summed E-state index contributed by atoms with van der Waals surface area (Å²) in [4.78, 5) is 25.0. The molecule has 0 saturated carbocycles. The van der Waals surface area contributed by atoms with Gasteiger partial charge >= 0.3 is 5.97 Å². The third-order valence-electron chi connectivity index (χ3n) is 3.53. The van der Waals surface area contributed by atoms with E-state index in [-0.39, 0.29) is 24.4 Å². The Morgan fingerprint density at radius 2 is 1.86 bits per heavy atom. The summed E-state index contributed by atoms with van der Waals surface area (Å²) in [5, 5.41) is 11.7. The highest BCUT2D eigenvalue weighted by Crippen LogP contribution is 2.15. The Morgan fingerprint density at radius 1 is 1.24 bits per heavy atom. The van der Waals surface area contributed by atoms with E-state index in [2.05, 4.69) is 5.32 Å². The highest BCUT2D eigenvalue weighted by atomic mass is 16.4. The van der Waals surface area contributed by atoms with Crippen LogP contribution in [-0.2, 0) is 9.59 Å². The molecule has 0 aromatic heterocycles. The fraction of sp³-hybridized carbons (Fsp3) is 0.500. The van der Waals surface area contributed by atoms with Gasteiger partial charge in [-0.05, 0) is 39.3 Å². The van der Waals surface area contributed by atoms with Gasteiger partial charge in [-0.3, -0.25) is 14.5 Å². The molecular formula is C16H24N2O3. The standard InChI is InChI=1S/C16H24N2O3/c1-11(2)18(10-9-15(19)20)13(4)16(21)17-14-8-6-5-7-12(14)3/h5-8,11,13H,9-10H2,1-4H3,(H,17,21)(H,19,20). The molecule has 0 spiro atoms. The first-order valence-corrected chi connectivity index (χ1v) is 7.17. The molecule has 0 fully saturated rings. The third kappa shape index (κ3) is 5.19. The molecule has 1 amide bonds. The number of rotatable bonds is 7. The Morgan fingerprint density at radius 3 is 2.38 bits per heavy atom. The monoisotopic (exact) mass is 292 g/mol. The maximum atomic E-state index is 12.4. The number of para-hydroxylation sites is 1. The lowest BCUT2D eigenvalue weighted by Crippen LogP contribution is -2.46. The van der Waals surface area contributed by atoms with E-state index in [4.69, 9.17) is 5.11 Å². The lowest BCUT2D eigenvalue weighted by Gasteiger charge is -2.31. The van der Waals surface area contributed by atoms with Crippen LogP contribution in [0.15, 0.2) is 24.3 Å². The number of carbonyl (C=O) groups is 2. The zero-order chi connectivity index (χ0) is 16.0. The summed E-state index contributed by atoms with van der Waals surface area (Å²) in [6, 6.07) is 7.30. The molecule has 5 nitrogen and oxygen atoms in total. The molecule has 0 aliphatic heterocycles. The van der Waals surface area contributed by atoms with Crippen molar-refractivity contribution in [1.29, 1.82) is 0 Å². The van der Waals surface area contributed by atoms with Crippen molar-refractivity contribution in [3.8, 4) is 0 Å². The molecule has 0 aliphatic carbocycles. The van der Waals surface area contributed by atoms with Crippen molar-refractivity contribution in [1.82, 2.24) is 4.90 Å². The van der Waals surface area contributed by atoms with E-state index in [0.29, 0.717) is 6.54 Å². The zero-order valence-corrected chi connectivity index (χ0v) is 13.1. The fourth-order valence-electron chi connectivity index (χ4n) is 2.22. The van der Waals surface area contributed by atoms with Gasteiger partial charge in [0.05, 0.1) is 12.5 Å². The Bertz CT molecular complexity index is 500. The number of anilines is 1. The molecule has 1 atom stereocenters. The lowest BCUT2D eigenvalue weighted by atomic mass is 10.1. The van der Waals surface area contributed by atoms with Gasteiger partial charge in [0, 0.05) is 18.3 Å². The average molecular weight is 292 g/mol. The number of nitrogens with one attached hydrogen (secondary N) is 1. The van der Waals surface area contributed by atoms with Gasteiger partial charge in [-0.1, -0.05) is 18.2 Å². The first-order chi connectivity index (χ1) is 9.82. The molecule has 116 valence electrons. The smallest absolute Gasteiger partial charge is 0.304 e. The van der Waals surface area contributed by atoms with Crippen LogP contribution in [0.3, 0.4) is 0 Å². The summed E-state index contributed by atoms with van der Waals surface area (Å²) in [6.07, 6.45) is 0.0279. The number of benzene rings is 1. The maximum absolute atomic E-state index is 12.4. The van der Waals surface area contributed by atoms with Gasteiger partial charge < -0.3 is 10.4 Å². The van der Waals surface area contributed by atoms with E-state index in [0.717, 1.165) is 11.3 Å². The Hall–Kier alpha value is -1.88. The van der Waals surface area contributed by atoms with Crippen molar-refractivity contribution in [2.24, 2.45) is 0 Å². The maximum Gasteiger partial charge on any atom is 0.304 e. The predicted molar refractivity (Wildman–Crippen MR) is 83.4 cm³/mol. The quantitative estimate of drug-likeness (QED) is 0.810. The second-order valence-corrected chi connectivity index (χ2v) is 5.46. The molecule has 0 bridgehead atoms. The first-order valence-electron chi connectivity index (χ1n) is 7.17. The van der Waals surface area contributed by atoms with Gasteiger partial charge in [0.1, 0.15) is 0 Å². The number of carboxylic acids is 1. The molecular weight excluding hydrogens is 268 g/mol. The summed E-state index contributed by atoms with van der Waals surface area (Å²) in [6.45, 7) is 8.01. The van der Waals surface area contributed by atoms with Gasteiger partial charge in [-0.15, -0.1) is 0 Å². The predicted octanol–water partition coefficient (Wildman–Crippen LogP) is 2.51.